The molecule has 0 spiro atoms. The SMILES string of the molecule is O=c1c(O[C@@H]2O[C@H](CO)[C@@H](O)[C@@H](O)[C@H]2O)c(-c2ccc(O[C@@H]3O[C@H](CO)[C@@H](O)[C@H](O)[C@H]3O)cc2)oc2cc(O[C@@H]3O[C@H](CO)[C@@H](O)[C@H](O)[C@H]3O)cc(O)c12. The van der Waals surface area contributed by atoms with Gasteiger partial charge >= 0.3 is 0 Å². The Hall–Kier alpha value is -3.75. The number of ether oxygens (including phenoxy) is 6. The molecule has 0 saturated carbocycles. The van der Waals surface area contributed by atoms with Gasteiger partial charge in [0, 0.05) is 17.7 Å². The number of aliphatic hydroxyl groups excluding tert-OH is 12. The van der Waals surface area contributed by atoms with E-state index in [1.54, 1.807) is 0 Å². The van der Waals surface area contributed by atoms with Gasteiger partial charge in [0.2, 0.25) is 30.0 Å². The molecule has 3 aliphatic rings. The van der Waals surface area contributed by atoms with Gasteiger partial charge in [-0.15, -0.1) is 0 Å². The number of aromatic hydroxyl groups is 1. The van der Waals surface area contributed by atoms with Crippen molar-refractivity contribution in [3.63, 3.8) is 0 Å². The highest BCUT2D eigenvalue weighted by Gasteiger charge is 2.47. The fourth-order valence-electron chi connectivity index (χ4n) is 6.19. The summed E-state index contributed by atoms with van der Waals surface area (Å²) < 4.78 is 39.1. The van der Waals surface area contributed by atoms with Crippen molar-refractivity contribution in [2.45, 2.75) is 92.1 Å². The summed E-state index contributed by atoms with van der Waals surface area (Å²) in [5, 5.41) is 132. The van der Waals surface area contributed by atoms with Gasteiger partial charge in [-0.2, -0.15) is 0 Å². The molecule has 13 N–H and O–H groups in total. The van der Waals surface area contributed by atoms with Crippen LogP contribution in [0.3, 0.4) is 0 Å². The number of rotatable bonds is 10. The van der Waals surface area contributed by atoms with Gasteiger partial charge in [-0.1, -0.05) is 0 Å². The van der Waals surface area contributed by atoms with E-state index in [1.165, 1.54) is 24.3 Å². The predicted molar refractivity (Wildman–Crippen MR) is 173 cm³/mol. The fraction of sp³-hybridized carbons (Fsp3) is 0.545. The molecule has 1 aromatic heterocycles. The lowest BCUT2D eigenvalue weighted by Gasteiger charge is -2.39. The maximum Gasteiger partial charge on any atom is 0.239 e. The van der Waals surface area contributed by atoms with Crippen molar-refractivity contribution in [2.75, 3.05) is 19.8 Å². The lowest BCUT2D eigenvalue weighted by atomic mass is 9.99. The van der Waals surface area contributed by atoms with E-state index in [9.17, 15) is 71.2 Å². The van der Waals surface area contributed by atoms with Crippen molar-refractivity contribution in [3.05, 3.63) is 46.6 Å². The van der Waals surface area contributed by atoms with E-state index in [-0.39, 0.29) is 22.6 Å². The van der Waals surface area contributed by atoms with Crippen molar-refractivity contribution in [2.24, 2.45) is 0 Å². The predicted octanol–water partition coefficient (Wildman–Crippen LogP) is -5.30. The highest BCUT2D eigenvalue weighted by atomic mass is 16.7. The Morgan fingerprint density at radius 1 is 0.537 bits per heavy atom. The quantitative estimate of drug-likeness (QED) is 0.0915. The van der Waals surface area contributed by atoms with E-state index in [0.717, 1.165) is 12.1 Å². The van der Waals surface area contributed by atoms with Crippen LogP contribution in [0.25, 0.3) is 22.3 Å². The molecular formula is C33H40O21. The van der Waals surface area contributed by atoms with Crippen LogP contribution < -0.4 is 19.6 Å². The smallest absolute Gasteiger partial charge is 0.239 e. The first-order valence-electron chi connectivity index (χ1n) is 16.5. The van der Waals surface area contributed by atoms with Gasteiger partial charge in [-0.05, 0) is 24.3 Å². The van der Waals surface area contributed by atoms with Crippen molar-refractivity contribution in [1.29, 1.82) is 0 Å². The van der Waals surface area contributed by atoms with Gasteiger partial charge in [-0.3, -0.25) is 4.79 Å². The third kappa shape index (κ3) is 7.45. The van der Waals surface area contributed by atoms with Crippen LogP contribution in [-0.4, -0.2) is 178 Å². The van der Waals surface area contributed by atoms with Crippen molar-refractivity contribution < 1.29 is 99.2 Å². The zero-order valence-electron chi connectivity index (χ0n) is 27.8. The highest BCUT2D eigenvalue weighted by molar-refractivity contribution is 5.88. The molecule has 0 radical (unpaired) electrons. The number of phenolic OH excluding ortho intramolecular Hbond substituents is 1. The van der Waals surface area contributed by atoms with Crippen LogP contribution in [0.1, 0.15) is 0 Å². The van der Waals surface area contributed by atoms with Gasteiger partial charge in [0.05, 0.1) is 19.8 Å². The molecule has 54 heavy (non-hydrogen) atoms. The number of hydrogen-bond donors (Lipinski definition) is 13. The zero-order chi connectivity index (χ0) is 39.2. The van der Waals surface area contributed by atoms with Gasteiger partial charge in [0.1, 0.15) is 101 Å². The number of phenols is 1. The summed E-state index contributed by atoms with van der Waals surface area (Å²) in [5.41, 5.74) is -1.38. The molecule has 0 aliphatic carbocycles. The van der Waals surface area contributed by atoms with Crippen LogP contribution in [0.4, 0.5) is 0 Å². The summed E-state index contributed by atoms with van der Waals surface area (Å²) in [6.07, 6.45) is -25.2. The topological polar surface area (TPSA) is 349 Å². The molecule has 298 valence electrons. The monoisotopic (exact) mass is 772 g/mol. The summed E-state index contributed by atoms with van der Waals surface area (Å²) in [6.45, 7) is -2.28. The molecule has 21 nitrogen and oxygen atoms in total. The van der Waals surface area contributed by atoms with E-state index in [0.29, 0.717) is 0 Å². The summed E-state index contributed by atoms with van der Waals surface area (Å²) in [4.78, 5) is 14.0. The Morgan fingerprint density at radius 3 is 1.41 bits per heavy atom. The Kier molecular flexibility index (Phi) is 11.9. The normalized spacial score (nSPS) is 37.2. The minimum absolute atomic E-state index is 0.00970. The second-order valence-electron chi connectivity index (χ2n) is 12.9. The van der Waals surface area contributed by atoms with E-state index >= 15 is 0 Å². The molecule has 3 aliphatic heterocycles. The molecule has 3 fully saturated rings. The molecule has 0 unspecified atom stereocenters. The second-order valence-corrected chi connectivity index (χ2v) is 12.9. The third-order valence-electron chi connectivity index (χ3n) is 9.31. The molecule has 3 saturated heterocycles. The van der Waals surface area contributed by atoms with Crippen LogP contribution in [0.5, 0.6) is 23.0 Å². The Morgan fingerprint density at radius 2 is 0.963 bits per heavy atom. The lowest BCUT2D eigenvalue weighted by Crippen LogP contribution is -2.60. The second kappa shape index (κ2) is 16.2. The summed E-state index contributed by atoms with van der Waals surface area (Å²) in [7, 11) is 0. The minimum atomic E-state index is -1.97. The molecule has 0 bridgehead atoms. The highest BCUT2D eigenvalue weighted by Crippen LogP contribution is 2.39. The fourth-order valence-corrected chi connectivity index (χ4v) is 6.19. The molecule has 0 amide bonds. The van der Waals surface area contributed by atoms with Crippen molar-refractivity contribution in [3.8, 4) is 34.3 Å². The summed E-state index contributed by atoms with van der Waals surface area (Å²) in [6, 6.07) is 7.25. The zero-order valence-corrected chi connectivity index (χ0v) is 27.8. The van der Waals surface area contributed by atoms with Crippen LogP contribution in [0, 0.1) is 0 Å². The lowest BCUT2D eigenvalue weighted by molar-refractivity contribution is -0.277. The van der Waals surface area contributed by atoms with E-state index in [4.69, 9.17) is 32.8 Å². The Balaban J connectivity index is 1.38. The van der Waals surface area contributed by atoms with Crippen LogP contribution >= 0.6 is 0 Å². The Labute approximate surface area is 303 Å². The number of aliphatic hydroxyl groups is 12. The maximum absolute atomic E-state index is 14.0. The van der Waals surface area contributed by atoms with Crippen molar-refractivity contribution in [1.82, 2.24) is 0 Å². The average Bonchev–Trinajstić information content (AvgIpc) is 3.16. The van der Waals surface area contributed by atoms with Gasteiger partial charge < -0.3 is 99.2 Å². The first-order chi connectivity index (χ1) is 25.7. The summed E-state index contributed by atoms with van der Waals surface area (Å²) >= 11 is 0. The van der Waals surface area contributed by atoms with Crippen LogP contribution in [0.15, 0.2) is 45.6 Å². The van der Waals surface area contributed by atoms with Gasteiger partial charge in [-0.25, -0.2) is 0 Å². The van der Waals surface area contributed by atoms with Crippen molar-refractivity contribution >= 4 is 11.0 Å². The van der Waals surface area contributed by atoms with Gasteiger partial charge in [0.25, 0.3) is 0 Å². The largest absolute Gasteiger partial charge is 0.507 e. The number of hydrogen-bond acceptors (Lipinski definition) is 21. The Bertz CT molecular complexity index is 1800. The number of benzene rings is 2. The van der Waals surface area contributed by atoms with Gasteiger partial charge in [0.15, 0.2) is 5.76 Å². The molecule has 21 heteroatoms. The summed E-state index contributed by atoms with van der Waals surface area (Å²) in [5.74, 6) is -2.14. The van der Waals surface area contributed by atoms with E-state index in [2.05, 4.69) is 0 Å². The first kappa shape index (κ1) is 39.9. The van der Waals surface area contributed by atoms with Crippen LogP contribution in [-0.2, 0) is 14.2 Å². The minimum Gasteiger partial charge on any atom is -0.507 e. The molecule has 2 aromatic carbocycles. The van der Waals surface area contributed by atoms with E-state index < -0.39 is 140 Å². The molecule has 15 atom stereocenters. The van der Waals surface area contributed by atoms with Crippen LogP contribution in [0.2, 0.25) is 0 Å². The molecular weight excluding hydrogens is 732 g/mol. The van der Waals surface area contributed by atoms with E-state index in [1.807, 2.05) is 0 Å². The third-order valence-corrected chi connectivity index (χ3v) is 9.31. The first-order valence-corrected chi connectivity index (χ1v) is 16.5. The maximum atomic E-state index is 14.0. The average molecular weight is 773 g/mol. The number of fused-ring (bicyclic) bond motifs is 1. The molecule has 6 rings (SSSR count). The molecule has 4 heterocycles. The molecule has 3 aromatic rings. The standard InChI is InChI=1S/C33H40O21/c34-7-15-19(38)23(42)26(45)31(51-15)48-11-3-1-10(2-4-11)29-30(54-33-28(47)25(44)21(40)17(9-36)53-33)22(41)18-13(37)5-12(6-14(18)50-29)49-32-27(46)24(43)20(39)16(8-35)52-32/h1-6,15-17,19-21,23-28,31-40,42-47H,7-9H2/t15-,16-,17-,19-,20-,21-,23+,24+,25-,26-,27-,28-,31-,32-,33+/m1/s1.